The number of hydrogen-bond donors (Lipinski definition) is 1. The molecule has 0 saturated heterocycles. The van der Waals surface area contributed by atoms with Crippen molar-refractivity contribution >= 4 is 23.4 Å². The van der Waals surface area contributed by atoms with Gasteiger partial charge < -0.3 is 24.1 Å². The molecule has 2 aromatic carbocycles. The molecule has 9 heteroatoms. The minimum Gasteiger partial charge on any atom is -0.497 e. The summed E-state index contributed by atoms with van der Waals surface area (Å²) in [6, 6.07) is 13.1. The molecule has 0 aliphatic heterocycles. The number of benzene rings is 2. The van der Waals surface area contributed by atoms with E-state index in [0.29, 0.717) is 41.3 Å². The van der Waals surface area contributed by atoms with Gasteiger partial charge in [0.25, 0.3) is 0 Å². The first kappa shape index (κ1) is 22.5. The summed E-state index contributed by atoms with van der Waals surface area (Å²) in [5.41, 5.74) is 1.76. The van der Waals surface area contributed by atoms with Crippen molar-refractivity contribution < 1.29 is 19.0 Å². The molecule has 0 aliphatic carbocycles. The van der Waals surface area contributed by atoms with Crippen LogP contribution in [0.4, 0.5) is 5.69 Å². The van der Waals surface area contributed by atoms with Gasteiger partial charge in [-0.05, 0) is 38.1 Å². The quantitative estimate of drug-likeness (QED) is 0.476. The molecule has 0 aliphatic rings. The van der Waals surface area contributed by atoms with E-state index < -0.39 is 0 Å². The minimum absolute atomic E-state index is 0.170. The second-order valence-corrected chi connectivity index (χ2v) is 7.59. The van der Waals surface area contributed by atoms with E-state index in [0.717, 1.165) is 5.75 Å². The molecular weight excluding hydrogens is 416 g/mol. The normalized spacial score (nSPS) is 10.6. The van der Waals surface area contributed by atoms with Gasteiger partial charge in [0, 0.05) is 12.6 Å². The van der Waals surface area contributed by atoms with Gasteiger partial charge in [-0.15, -0.1) is 10.2 Å². The molecular formula is C22H26N4O4S. The first-order valence-corrected chi connectivity index (χ1v) is 10.8. The Kier molecular flexibility index (Phi) is 7.77. The molecule has 3 aromatic rings. The molecule has 1 N–H and O–H groups in total. The number of hydrogen-bond acceptors (Lipinski definition) is 7. The summed E-state index contributed by atoms with van der Waals surface area (Å²) in [4.78, 5) is 12.5. The average Bonchev–Trinajstić information content (AvgIpc) is 3.19. The summed E-state index contributed by atoms with van der Waals surface area (Å²) in [7, 11) is 3.12. The van der Waals surface area contributed by atoms with Gasteiger partial charge in [0.05, 0.1) is 25.7 Å². The molecule has 1 amide bonds. The van der Waals surface area contributed by atoms with Crippen LogP contribution in [0.2, 0.25) is 0 Å². The van der Waals surface area contributed by atoms with E-state index in [2.05, 4.69) is 15.5 Å². The Labute approximate surface area is 185 Å². The molecule has 8 nitrogen and oxygen atoms in total. The zero-order valence-electron chi connectivity index (χ0n) is 18.0. The van der Waals surface area contributed by atoms with Crippen LogP contribution in [0.15, 0.2) is 47.6 Å². The number of methoxy groups -OCH3 is 2. The van der Waals surface area contributed by atoms with E-state index in [-0.39, 0.29) is 11.7 Å². The fourth-order valence-electron chi connectivity index (χ4n) is 2.85. The summed E-state index contributed by atoms with van der Waals surface area (Å²) in [6.45, 7) is 5.02. The van der Waals surface area contributed by atoms with Gasteiger partial charge in [0.2, 0.25) is 5.91 Å². The molecule has 1 aromatic heterocycles. The number of nitrogens with zero attached hydrogens (tertiary/aromatic N) is 3. The van der Waals surface area contributed by atoms with Gasteiger partial charge in [-0.2, -0.15) is 0 Å². The Bertz CT molecular complexity index is 1020. The molecule has 0 fully saturated rings. The van der Waals surface area contributed by atoms with E-state index in [1.54, 1.807) is 32.4 Å². The number of anilines is 1. The number of carbonyl (C=O) groups excluding carboxylic acids is 1. The second kappa shape index (κ2) is 10.7. The van der Waals surface area contributed by atoms with Crippen LogP contribution in [0.5, 0.6) is 17.2 Å². The van der Waals surface area contributed by atoms with Gasteiger partial charge in [-0.1, -0.05) is 29.5 Å². The average molecular weight is 443 g/mol. The van der Waals surface area contributed by atoms with Gasteiger partial charge in [0.1, 0.15) is 23.9 Å². The topological polar surface area (TPSA) is 87.5 Å². The predicted molar refractivity (Wildman–Crippen MR) is 120 cm³/mol. The van der Waals surface area contributed by atoms with Crippen LogP contribution in [0.1, 0.15) is 18.3 Å². The van der Waals surface area contributed by atoms with Crippen LogP contribution in [0.3, 0.4) is 0 Å². The van der Waals surface area contributed by atoms with E-state index in [4.69, 9.17) is 14.2 Å². The highest BCUT2D eigenvalue weighted by molar-refractivity contribution is 7.99. The lowest BCUT2D eigenvalue weighted by Gasteiger charge is -2.12. The number of amides is 1. The van der Waals surface area contributed by atoms with E-state index in [9.17, 15) is 4.79 Å². The number of aromatic nitrogens is 3. The number of ether oxygens (including phenoxy) is 3. The van der Waals surface area contributed by atoms with Gasteiger partial charge in [0.15, 0.2) is 11.0 Å². The highest BCUT2D eigenvalue weighted by atomic mass is 32.2. The Balaban J connectivity index is 1.59. The van der Waals surface area contributed by atoms with Crippen LogP contribution < -0.4 is 19.5 Å². The van der Waals surface area contributed by atoms with Crippen molar-refractivity contribution in [2.75, 3.05) is 25.3 Å². The number of aryl methyl sites for hydroxylation is 1. The third-order valence-electron chi connectivity index (χ3n) is 4.51. The van der Waals surface area contributed by atoms with Gasteiger partial charge in [-0.25, -0.2) is 0 Å². The first-order chi connectivity index (χ1) is 15.0. The van der Waals surface area contributed by atoms with Gasteiger partial charge >= 0.3 is 0 Å². The van der Waals surface area contributed by atoms with Crippen molar-refractivity contribution in [2.24, 2.45) is 0 Å². The van der Waals surface area contributed by atoms with Crippen LogP contribution in [0.25, 0.3) is 0 Å². The second-order valence-electron chi connectivity index (χ2n) is 6.65. The van der Waals surface area contributed by atoms with Crippen LogP contribution in [-0.2, 0) is 17.9 Å². The Morgan fingerprint density at radius 3 is 2.48 bits per heavy atom. The third-order valence-corrected chi connectivity index (χ3v) is 5.48. The van der Waals surface area contributed by atoms with Crippen LogP contribution in [-0.4, -0.2) is 40.6 Å². The predicted octanol–water partition coefficient (Wildman–Crippen LogP) is 3.93. The lowest BCUT2D eigenvalue weighted by atomic mass is 10.2. The van der Waals surface area contributed by atoms with E-state index in [1.807, 2.05) is 42.7 Å². The number of carbonyl (C=O) groups is 1. The fraction of sp³-hybridized carbons (Fsp3) is 0.318. The van der Waals surface area contributed by atoms with Gasteiger partial charge in [-0.3, -0.25) is 4.79 Å². The Hall–Kier alpha value is -3.20. The highest BCUT2D eigenvalue weighted by Crippen LogP contribution is 2.29. The maximum absolute atomic E-state index is 12.5. The summed E-state index contributed by atoms with van der Waals surface area (Å²) in [6.07, 6.45) is 0. The van der Waals surface area contributed by atoms with E-state index in [1.165, 1.54) is 17.3 Å². The Morgan fingerprint density at radius 1 is 1.06 bits per heavy atom. The van der Waals surface area contributed by atoms with Crippen molar-refractivity contribution in [1.29, 1.82) is 0 Å². The van der Waals surface area contributed by atoms with E-state index >= 15 is 0 Å². The fourth-order valence-corrected chi connectivity index (χ4v) is 3.67. The molecule has 0 saturated carbocycles. The molecule has 0 spiro atoms. The van der Waals surface area contributed by atoms with Crippen molar-refractivity contribution in [1.82, 2.24) is 14.8 Å². The lowest BCUT2D eigenvalue weighted by Crippen LogP contribution is -2.15. The SMILES string of the molecule is CCn1c(COc2ccc(C)cc2)nnc1SCC(=O)Nc1ccc(OC)cc1OC. The smallest absolute Gasteiger partial charge is 0.234 e. The highest BCUT2D eigenvalue weighted by Gasteiger charge is 2.15. The number of nitrogens with one attached hydrogen (secondary N) is 1. The van der Waals surface area contributed by atoms with Crippen LogP contribution >= 0.6 is 11.8 Å². The Morgan fingerprint density at radius 2 is 1.81 bits per heavy atom. The first-order valence-electron chi connectivity index (χ1n) is 9.80. The monoisotopic (exact) mass is 442 g/mol. The zero-order valence-corrected chi connectivity index (χ0v) is 18.9. The summed E-state index contributed by atoms with van der Waals surface area (Å²) in [5.74, 6) is 2.69. The minimum atomic E-state index is -0.170. The lowest BCUT2D eigenvalue weighted by molar-refractivity contribution is -0.113. The molecule has 0 bridgehead atoms. The largest absolute Gasteiger partial charge is 0.497 e. The van der Waals surface area contributed by atoms with Crippen molar-refractivity contribution in [3.8, 4) is 17.2 Å². The van der Waals surface area contributed by atoms with Crippen molar-refractivity contribution in [3.63, 3.8) is 0 Å². The summed E-state index contributed by atoms with van der Waals surface area (Å²) < 4.78 is 18.3. The maximum atomic E-state index is 12.5. The van der Waals surface area contributed by atoms with Crippen molar-refractivity contribution in [2.45, 2.75) is 32.2 Å². The zero-order chi connectivity index (χ0) is 22.2. The molecule has 3 rings (SSSR count). The summed E-state index contributed by atoms with van der Waals surface area (Å²) >= 11 is 1.32. The molecule has 0 unspecified atom stereocenters. The molecule has 1 heterocycles. The van der Waals surface area contributed by atoms with Crippen LogP contribution in [0, 0.1) is 6.92 Å². The third kappa shape index (κ3) is 5.91. The number of thioether (sulfide) groups is 1. The standard InChI is InChI=1S/C22H26N4O4S/c1-5-26-20(13-30-16-8-6-15(2)7-9-16)24-25-22(26)31-14-21(27)23-18-11-10-17(28-3)12-19(18)29-4/h6-12H,5,13-14H2,1-4H3,(H,23,27). The van der Waals surface area contributed by atoms with Crippen molar-refractivity contribution in [3.05, 3.63) is 53.9 Å². The summed E-state index contributed by atoms with van der Waals surface area (Å²) in [5, 5.41) is 12.0. The molecule has 0 radical (unpaired) electrons. The molecule has 0 atom stereocenters. The molecule has 164 valence electrons. The number of rotatable bonds is 10. The maximum Gasteiger partial charge on any atom is 0.234 e. The molecule has 31 heavy (non-hydrogen) atoms.